The van der Waals surface area contributed by atoms with Crippen molar-refractivity contribution < 1.29 is 4.79 Å². The summed E-state index contributed by atoms with van der Waals surface area (Å²) in [7, 11) is 0. The van der Waals surface area contributed by atoms with Crippen LogP contribution in [0.3, 0.4) is 0 Å². The van der Waals surface area contributed by atoms with Crippen LogP contribution in [0.25, 0.3) is 0 Å². The Labute approximate surface area is 126 Å². The molecule has 1 amide bonds. The van der Waals surface area contributed by atoms with Crippen LogP contribution in [0, 0.1) is 5.41 Å². The van der Waals surface area contributed by atoms with Crippen LogP contribution in [0.1, 0.15) is 38.5 Å². The Morgan fingerprint density at radius 1 is 1.47 bits per heavy atom. The Balaban J connectivity index is 0.00000324. The van der Waals surface area contributed by atoms with Crippen molar-refractivity contribution in [1.82, 2.24) is 5.32 Å². The van der Waals surface area contributed by atoms with Crippen molar-refractivity contribution >= 4 is 29.7 Å². The molecule has 1 aromatic rings. The van der Waals surface area contributed by atoms with Gasteiger partial charge < -0.3 is 11.1 Å². The molecule has 0 fully saturated rings. The van der Waals surface area contributed by atoms with E-state index in [1.807, 2.05) is 26.8 Å². The van der Waals surface area contributed by atoms with Gasteiger partial charge in [-0.3, -0.25) is 4.79 Å². The zero-order valence-corrected chi connectivity index (χ0v) is 13.6. The first-order chi connectivity index (χ1) is 8.57. The molecule has 0 aliphatic carbocycles. The van der Waals surface area contributed by atoms with E-state index in [2.05, 4.69) is 16.8 Å². The summed E-state index contributed by atoms with van der Waals surface area (Å²) < 4.78 is 0. The first-order valence-corrected chi connectivity index (χ1v) is 7.49. The number of nitrogens with one attached hydrogen (secondary N) is 1. The molecular formula is C14H25ClN2OS. The highest BCUT2D eigenvalue weighted by molar-refractivity contribution is 7.09. The zero-order valence-electron chi connectivity index (χ0n) is 11.9. The fourth-order valence-corrected chi connectivity index (χ4v) is 2.95. The number of halogens is 1. The highest BCUT2D eigenvalue weighted by Crippen LogP contribution is 2.25. The number of carbonyl (C=O) groups is 1. The van der Waals surface area contributed by atoms with Crippen molar-refractivity contribution in [2.45, 2.75) is 46.1 Å². The normalized spacial score (nSPS) is 12.6. The quantitative estimate of drug-likeness (QED) is 0.813. The number of hydrogen-bond acceptors (Lipinski definition) is 3. The first kappa shape index (κ1) is 18.4. The molecule has 0 aliphatic heterocycles. The summed E-state index contributed by atoms with van der Waals surface area (Å²) in [5.74, 6) is 0.0963. The molecule has 0 aromatic carbocycles. The SMILES string of the molecule is CCC(CC)(CN)C(=O)NC(C)Cc1cccs1.Cl. The Bertz CT molecular complexity index is 355. The molecular weight excluding hydrogens is 280 g/mol. The molecule has 19 heavy (non-hydrogen) atoms. The van der Waals surface area contributed by atoms with Gasteiger partial charge in [0.15, 0.2) is 0 Å². The predicted molar refractivity (Wildman–Crippen MR) is 84.9 cm³/mol. The molecule has 1 aromatic heterocycles. The van der Waals surface area contributed by atoms with Crippen LogP contribution in [0.5, 0.6) is 0 Å². The average Bonchev–Trinajstić information content (AvgIpc) is 2.84. The van der Waals surface area contributed by atoms with E-state index in [0.717, 1.165) is 19.3 Å². The van der Waals surface area contributed by atoms with E-state index >= 15 is 0 Å². The van der Waals surface area contributed by atoms with Gasteiger partial charge in [-0.15, -0.1) is 23.7 Å². The van der Waals surface area contributed by atoms with Crippen LogP contribution < -0.4 is 11.1 Å². The van der Waals surface area contributed by atoms with Crippen LogP contribution in [0.4, 0.5) is 0 Å². The van der Waals surface area contributed by atoms with E-state index in [0.29, 0.717) is 6.54 Å². The van der Waals surface area contributed by atoms with Crippen LogP contribution >= 0.6 is 23.7 Å². The minimum Gasteiger partial charge on any atom is -0.353 e. The molecule has 1 atom stereocenters. The second kappa shape index (κ2) is 8.56. The fourth-order valence-electron chi connectivity index (χ4n) is 2.11. The van der Waals surface area contributed by atoms with Gasteiger partial charge in [0.05, 0.1) is 5.41 Å². The van der Waals surface area contributed by atoms with Crippen molar-refractivity contribution in [3.8, 4) is 0 Å². The maximum atomic E-state index is 12.3. The molecule has 1 heterocycles. The molecule has 5 heteroatoms. The summed E-state index contributed by atoms with van der Waals surface area (Å²) in [4.78, 5) is 13.6. The van der Waals surface area contributed by atoms with Gasteiger partial charge >= 0.3 is 0 Å². The fraction of sp³-hybridized carbons (Fsp3) is 0.643. The third kappa shape index (κ3) is 4.79. The van der Waals surface area contributed by atoms with Gasteiger partial charge in [-0.2, -0.15) is 0 Å². The summed E-state index contributed by atoms with van der Waals surface area (Å²) in [5.41, 5.74) is 5.38. The van der Waals surface area contributed by atoms with E-state index in [1.54, 1.807) is 11.3 Å². The van der Waals surface area contributed by atoms with E-state index in [1.165, 1.54) is 4.88 Å². The molecule has 3 nitrogen and oxygen atoms in total. The number of carbonyl (C=O) groups excluding carboxylic acids is 1. The van der Waals surface area contributed by atoms with E-state index < -0.39 is 5.41 Å². The van der Waals surface area contributed by atoms with Gasteiger partial charge in [-0.1, -0.05) is 19.9 Å². The van der Waals surface area contributed by atoms with Gasteiger partial charge in [0.2, 0.25) is 5.91 Å². The van der Waals surface area contributed by atoms with Crippen LogP contribution in [-0.2, 0) is 11.2 Å². The first-order valence-electron chi connectivity index (χ1n) is 6.61. The highest BCUT2D eigenvalue weighted by Gasteiger charge is 2.33. The average molecular weight is 305 g/mol. The van der Waals surface area contributed by atoms with Crippen molar-refractivity contribution in [3.05, 3.63) is 22.4 Å². The van der Waals surface area contributed by atoms with E-state index in [9.17, 15) is 4.79 Å². The molecule has 0 radical (unpaired) electrons. The van der Waals surface area contributed by atoms with Crippen molar-refractivity contribution in [2.24, 2.45) is 11.1 Å². The lowest BCUT2D eigenvalue weighted by molar-refractivity contribution is -0.131. The maximum absolute atomic E-state index is 12.3. The second-order valence-corrected chi connectivity index (χ2v) is 5.88. The summed E-state index contributed by atoms with van der Waals surface area (Å²) in [6.07, 6.45) is 2.46. The zero-order chi connectivity index (χ0) is 13.6. The maximum Gasteiger partial charge on any atom is 0.227 e. The summed E-state index contributed by atoms with van der Waals surface area (Å²) in [6, 6.07) is 4.29. The molecule has 0 spiro atoms. The Morgan fingerprint density at radius 2 is 2.11 bits per heavy atom. The third-order valence-electron chi connectivity index (χ3n) is 3.69. The number of hydrogen-bond donors (Lipinski definition) is 2. The highest BCUT2D eigenvalue weighted by atomic mass is 35.5. The lowest BCUT2D eigenvalue weighted by Gasteiger charge is -2.30. The molecule has 0 bridgehead atoms. The lowest BCUT2D eigenvalue weighted by Crippen LogP contribution is -2.48. The van der Waals surface area contributed by atoms with E-state index in [-0.39, 0.29) is 24.4 Å². The van der Waals surface area contributed by atoms with E-state index in [4.69, 9.17) is 5.73 Å². The molecule has 1 unspecified atom stereocenters. The standard InChI is InChI=1S/C14H24N2OS.ClH/c1-4-14(5-2,10-15)13(17)16-11(3)9-12-7-6-8-18-12;/h6-8,11H,4-5,9-10,15H2,1-3H3,(H,16,17);1H. The van der Waals surface area contributed by atoms with Crippen molar-refractivity contribution in [2.75, 3.05) is 6.54 Å². The van der Waals surface area contributed by atoms with Crippen LogP contribution in [0.15, 0.2) is 17.5 Å². The van der Waals surface area contributed by atoms with Crippen molar-refractivity contribution in [1.29, 1.82) is 0 Å². The van der Waals surface area contributed by atoms with Gasteiger partial charge in [0, 0.05) is 23.9 Å². The molecule has 0 saturated heterocycles. The van der Waals surface area contributed by atoms with Gasteiger partial charge in [0.1, 0.15) is 0 Å². The van der Waals surface area contributed by atoms with Crippen LogP contribution in [-0.4, -0.2) is 18.5 Å². The van der Waals surface area contributed by atoms with Gasteiger partial charge in [-0.05, 0) is 31.2 Å². The predicted octanol–water partition coefficient (Wildman–Crippen LogP) is 2.98. The van der Waals surface area contributed by atoms with Gasteiger partial charge in [0.25, 0.3) is 0 Å². The van der Waals surface area contributed by atoms with Gasteiger partial charge in [-0.25, -0.2) is 0 Å². The van der Waals surface area contributed by atoms with Crippen LogP contribution in [0.2, 0.25) is 0 Å². The number of rotatable bonds is 7. The Morgan fingerprint density at radius 3 is 2.53 bits per heavy atom. The minimum atomic E-state index is -0.399. The molecule has 1 rings (SSSR count). The monoisotopic (exact) mass is 304 g/mol. The molecule has 110 valence electrons. The summed E-state index contributed by atoms with van der Waals surface area (Å²) >= 11 is 1.73. The Kier molecular flexibility index (Phi) is 8.30. The largest absolute Gasteiger partial charge is 0.353 e. The smallest absolute Gasteiger partial charge is 0.227 e. The number of amides is 1. The Hall–Kier alpha value is -0.580. The summed E-state index contributed by atoms with van der Waals surface area (Å²) in [5, 5.41) is 5.16. The molecule has 0 aliphatic rings. The lowest BCUT2D eigenvalue weighted by atomic mass is 9.81. The minimum absolute atomic E-state index is 0. The second-order valence-electron chi connectivity index (χ2n) is 4.85. The number of thiophene rings is 1. The third-order valence-corrected chi connectivity index (χ3v) is 4.59. The topological polar surface area (TPSA) is 55.1 Å². The summed E-state index contributed by atoms with van der Waals surface area (Å²) in [6.45, 7) is 6.52. The molecule has 0 saturated carbocycles. The number of nitrogens with two attached hydrogens (primary N) is 1. The molecule has 3 N–H and O–H groups in total. The van der Waals surface area contributed by atoms with Crippen molar-refractivity contribution in [3.63, 3.8) is 0 Å².